The summed E-state index contributed by atoms with van der Waals surface area (Å²) in [5.41, 5.74) is 1.44. The zero-order valence-electron chi connectivity index (χ0n) is 21.8. The highest BCUT2D eigenvalue weighted by atomic mass is 16.5. The Hall–Kier alpha value is -3.90. The third kappa shape index (κ3) is 4.50. The summed E-state index contributed by atoms with van der Waals surface area (Å²) in [5.74, 6) is 0.785. The maximum Gasteiger partial charge on any atom is 0.257 e. The summed E-state index contributed by atoms with van der Waals surface area (Å²) < 4.78 is 5.39. The number of hydrogen-bond acceptors (Lipinski definition) is 4. The molecule has 0 spiro atoms. The highest BCUT2D eigenvalue weighted by Crippen LogP contribution is 2.30. The molecule has 2 fully saturated rings. The molecule has 0 N–H and O–H groups in total. The van der Waals surface area contributed by atoms with Crippen LogP contribution in [0.2, 0.25) is 0 Å². The summed E-state index contributed by atoms with van der Waals surface area (Å²) >= 11 is 0. The number of piperazine rings is 1. The number of ether oxygens (including phenoxy) is 1. The Morgan fingerprint density at radius 1 is 0.684 bits per heavy atom. The van der Waals surface area contributed by atoms with Gasteiger partial charge in [0.2, 0.25) is 0 Å². The molecule has 4 aromatic rings. The lowest BCUT2D eigenvalue weighted by molar-refractivity contribution is 0.0413. The predicted molar refractivity (Wildman–Crippen MR) is 151 cm³/mol. The number of likely N-dealkylation sites (tertiary alicyclic amines) is 1. The second-order valence-corrected chi connectivity index (χ2v) is 10.2. The van der Waals surface area contributed by atoms with E-state index in [4.69, 9.17) is 4.74 Å². The Morgan fingerprint density at radius 2 is 1.24 bits per heavy atom. The average Bonchev–Trinajstić information content (AvgIpc) is 2.99. The van der Waals surface area contributed by atoms with E-state index < -0.39 is 0 Å². The fourth-order valence-electron chi connectivity index (χ4n) is 6.12. The Balaban J connectivity index is 1.11. The molecule has 0 bridgehead atoms. The van der Waals surface area contributed by atoms with Crippen molar-refractivity contribution in [2.24, 2.45) is 0 Å². The van der Waals surface area contributed by atoms with Crippen molar-refractivity contribution in [1.29, 1.82) is 0 Å². The molecule has 0 atom stereocenters. The van der Waals surface area contributed by atoms with Gasteiger partial charge in [-0.1, -0.05) is 60.7 Å². The second kappa shape index (κ2) is 10.5. The summed E-state index contributed by atoms with van der Waals surface area (Å²) in [6, 6.07) is 26.4. The summed E-state index contributed by atoms with van der Waals surface area (Å²) in [7, 11) is 1.60. The van der Waals surface area contributed by atoms with Crippen LogP contribution in [0.4, 0.5) is 0 Å². The van der Waals surface area contributed by atoms with E-state index in [0.29, 0.717) is 17.4 Å². The molecule has 38 heavy (non-hydrogen) atoms. The van der Waals surface area contributed by atoms with E-state index in [2.05, 4.69) is 35.2 Å². The number of para-hydroxylation sites is 1. The smallest absolute Gasteiger partial charge is 0.257 e. The van der Waals surface area contributed by atoms with Crippen LogP contribution in [0.25, 0.3) is 21.5 Å². The molecule has 0 saturated carbocycles. The molecular weight excluding hydrogens is 474 g/mol. The molecule has 0 radical (unpaired) electrons. The van der Waals surface area contributed by atoms with Crippen LogP contribution in [0.1, 0.15) is 33.6 Å². The standard InChI is InChI=1S/C32H33N3O3/c1-38-29-13-7-6-12-28(29)31(36)34-16-14-25(15-17-34)33-18-20-35(21-19-33)32(37)30-26-10-4-2-8-23(26)22-24-9-3-5-11-27(24)30/h2-13,22,25H,14-21H2,1H3. The average molecular weight is 508 g/mol. The Morgan fingerprint density at radius 3 is 1.87 bits per heavy atom. The molecule has 0 aromatic heterocycles. The minimum Gasteiger partial charge on any atom is -0.496 e. The number of rotatable bonds is 4. The number of fused-ring (bicyclic) bond motifs is 2. The quantitative estimate of drug-likeness (QED) is 0.362. The normalized spacial score (nSPS) is 17.2. The number of amides is 2. The number of piperidine rings is 1. The SMILES string of the molecule is COc1ccccc1C(=O)N1CCC(N2CCN(C(=O)c3c4ccccc4cc4ccccc34)CC2)CC1. The fourth-order valence-corrected chi connectivity index (χ4v) is 6.12. The fraction of sp³-hybridized carbons (Fsp3) is 0.312. The van der Waals surface area contributed by atoms with Gasteiger partial charge < -0.3 is 14.5 Å². The topological polar surface area (TPSA) is 53.1 Å². The molecule has 0 aliphatic carbocycles. The van der Waals surface area contributed by atoms with Gasteiger partial charge in [0.1, 0.15) is 5.75 Å². The first-order valence-electron chi connectivity index (χ1n) is 13.5. The van der Waals surface area contributed by atoms with Crippen molar-refractivity contribution < 1.29 is 14.3 Å². The van der Waals surface area contributed by atoms with E-state index in [1.54, 1.807) is 7.11 Å². The van der Waals surface area contributed by atoms with Gasteiger partial charge in [-0.2, -0.15) is 0 Å². The molecule has 6 nitrogen and oxygen atoms in total. The minimum absolute atomic E-state index is 0.0404. The number of nitrogens with zero attached hydrogens (tertiary/aromatic N) is 3. The lowest BCUT2D eigenvalue weighted by Gasteiger charge is -2.43. The number of methoxy groups -OCH3 is 1. The van der Waals surface area contributed by atoms with E-state index in [-0.39, 0.29) is 11.8 Å². The summed E-state index contributed by atoms with van der Waals surface area (Å²) in [6.45, 7) is 4.64. The van der Waals surface area contributed by atoms with Crippen LogP contribution in [0.15, 0.2) is 78.9 Å². The number of carbonyl (C=O) groups is 2. The molecule has 2 aliphatic rings. The lowest BCUT2D eigenvalue weighted by atomic mass is 9.95. The van der Waals surface area contributed by atoms with Crippen LogP contribution < -0.4 is 4.74 Å². The van der Waals surface area contributed by atoms with Crippen LogP contribution in [0.3, 0.4) is 0 Å². The largest absolute Gasteiger partial charge is 0.496 e. The third-order valence-electron chi connectivity index (χ3n) is 8.19. The van der Waals surface area contributed by atoms with Crippen molar-refractivity contribution in [2.45, 2.75) is 18.9 Å². The van der Waals surface area contributed by atoms with Crippen LogP contribution in [-0.4, -0.2) is 78.9 Å². The van der Waals surface area contributed by atoms with Gasteiger partial charge >= 0.3 is 0 Å². The van der Waals surface area contributed by atoms with Crippen LogP contribution in [-0.2, 0) is 0 Å². The van der Waals surface area contributed by atoms with Gasteiger partial charge in [-0.3, -0.25) is 14.5 Å². The maximum absolute atomic E-state index is 13.9. The zero-order valence-corrected chi connectivity index (χ0v) is 21.8. The highest BCUT2D eigenvalue weighted by molar-refractivity contribution is 6.18. The highest BCUT2D eigenvalue weighted by Gasteiger charge is 2.32. The van der Waals surface area contributed by atoms with Gasteiger partial charge in [-0.05, 0) is 52.6 Å². The molecule has 0 unspecified atom stereocenters. The summed E-state index contributed by atoms with van der Waals surface area (Å²) in [4.78, 5) is 33.4. The van der Waals surface area contributed by atoms with Crippen molar-refractivity contribution in [3.8, 4) is 5.75 Å². The Kier molecular flexibility index (Phi) is 6.73. The first-order valence-corrected chi connectivity index (χ1v) is 13.5. The van der Waals surface area contributed by atoms with Crippen LogP contribution in [0, 0.1) is 0 Å². The molecule has 194 valence electrons. The zero-order chi connectivity index (χ0) is 26.1. The number of carbonyl (C=O) groups excluding carboxylic acids is 2. The first-order chi connectivity index (χ1) is 18.6. The summed E-state index contributed by atoms with van der Waals surface area (Å²) in [5, 5.41) is 4.24. The molecule has 6 rings (SSSR count). The molecular formula is C32H33N3O3. The predicted octanol–water partition coefficient (Wildman–Crippen LogP) is 5.06. The summed E-state index contributed by atoms with van der Waals surface area (Å²) in [6.07, 6.45) is 1.89. The Bertz CT molecular complexity index is 1430. The molecule has 2 heterocycles. The van der Waals surface area contributed by atoms with Crippen molar-refractivity contribution in [1.82, 2.24) is 14.7 Å². The lowest BCUT2D eigenvalue weighted by Crippen LogP contribution is -2.54. The Labute approximate surface area is 223 Å². The molecule has 2 saturated heterocycles. The van der Waals surface area contributed by atoms with E-state index >= 15 is 0 Å². The van der Waals surface area contributed by atoms with Gasteiger partial charge in [0.05, 0.1) is 18.2 Å². The van der Waals surface area contributed by atoms with Crippen molar-refractivity contribution in [2.75, 3.05) is 46.4 Å². The van der Waals surface area contributed by atoms with E-state index in [1.165, 1.54) is 0 Å². The number of hydrogen-bond donors (Lipinski definition) is 0. The molecule has 4 aromatic carbocycles. The van der Waals surface area contributed by atoms with Gasteiger partial charge in [0.15, 0.2) is 0 Å². The van der Waals surface area contributed by atoms with Crippen molar-refractivity contribution >= 4 is 33.4 Å². The minimum atomic E-state index is 0.0404. The molecule has 2 amide bonds. The molecule has 6 heteroatoms. The van der Waals surface area contributed by atoms with Gasteiger partial charge in [-0.15, -0.1) is 0 Å². The monoisotopic (exact) mass is 507 g/mol. The number of benzene rings is 4. The van der Waals surface area contributed by atoms with Crippen molar-refractivity contribution in [3.05, 3.63) is 90.0 Å². The van der Waals surface area contributed by atoms with Gasteiger partial charge in [0, 0.05) is 45.3 Å². The van der Waals surface area contributed by atoms with E-state index in [9.17, 15) is 9.59 Å². The van der Waals surface area contributed by atoms with Crippen LogP contribution in [0.5, 0.6) is 5.75 Å². The van der Waals surface area contributed by atoms with E-state index in [1.807, 2.05) is 58.3 Å². The second-order valence-electron chi connectivity index (χ2n) is 10.2. The van der Waals surface area contributed by atoms with Gasteiger partial charge in [-0.25, -0.2) is 0 Å². The van der Waals surface area contributed by atoms with Crippen LogP contribution >= 0.6 is 0 Å². The molecule has 2 aliphatic heterocycles. The van der Waals surface area contributed by atoms with Gasteiger partial charge in [0.25, 0.3) is 11.8 Å². The first kappa shape index (κ1) is 24.4. The van der Waals surface area contributed by atoms with Crippen molar-refractivity contribution in [3.63, 3.8) is 0 Å². The third-order valence-corrected chi connectivity index (χ3v) is 8.19. The van der Waals surface area contributed by atoms with E-state index in [0.717, 1.165) is 79.2 Å². The maximum atomic E-state index is 13.9.